The summed E-state index contributed by atoms with van der Waals surface area (Å²) in [5.74, 6) is 3.60. The third kappa shape index (κ3) is 5.58. The van der Waals surface area contributed by atoms with E-state index in [0.29, 0.717) is 30.5 Å². The average molecular weight is 621 g/mol. The van der Waals surface area contributed by atoms with Crippen molar-refractivity contribution in [2.24, 2.45) is 17.8 Å². The fourth-order valence-electron chi connectivity index (χ4n) is 7.30. The number of methoxy groups -OCH3 is 2. The molecule has 2 fully saturated rings. The van der Waals surface area contributed by atoms with Gasteiger partial charge in [0.1, 0.15) is 23.5 Å². The summed E-state index contributed by atoms with van der Waals surface area (Å²) >= 11 is 0. The number of nitrogens with zero attached hydrogens (tertiary/aromatic N) is 6. The van der Waals surface area contributed by atoms with Crippen LogP contribution in [0, 0.1) is 36.0 Å². The maximum absolute atomic E-state index is 13.4. The maximum Gasteiger partial charge on any atom is 0.254 e. The van der Waals surface area contributed by atoms with Crippen molar-refractivity contribution in [3.05, 3.63) is 88.5 Å². The van der Waals surface area contributed by atoms with E-state index in [2.05, 4.69) is 63.1 Å². The van der Waals surface area contributed by atoms with E-state index in [9.17, 15) is 10.1 Å². The summed E-state index contributed by atoms with van der Waals surface area (Å²) in [6.45, 7) is 5.00. The highest BCUT2D eigenvalue weighted by Crippen LogP contribution is 2.51. The highest BCUT2D eigenvalue weighted by atomic mass is 16.5. The van der Waals surface area contributed by atoms with E-state index in [1.807, 2.05) is 25.1 Å². The number of anilines is 1. The number of amides is 1. The molecule has 1 amide bonds. The number of hydrogen-bond donors (Lipinski definition) is 2. The average Bonchev–Trinajstić information content (AvgIpc) is 3.49. The Morgan fingerprint density at radius 2 is 1.93 bits per heavy atom. The summed E-state index contributed by atoms with van der Waals surface area (Å²) in [6, 6.07) is 12.4. The zero-order valence-electron chi connectivity index (χ0n) is 26.7. The van der Waals surface area contributed by atoms with E-state index in [0.717, 1.165) is 60.1 Å². The Hall–Kier alpha value is -4.82. The molecule has 0 bridgehead atoms. The number of ether oxygens (including phenoxy) is 2. The second-order valence-electron chi connectivity index (χ2n) is 12.7. The van der Waals surface area contributed by atoms with Crippen LogP contribution in [0.4, 0.5) is 5.82 Å². The van der Waals surface area contributed by atoms with E-state index in [1.54, 1.807) is 31.3 Å². The molecule has 0 spiro atoms. The third-order valence-corrected chi connectivity index (χ3v) is 10.0. The van der Waals surface area contributed by atoms with Gasteiger partial charge in [-0.15, -0.1) is 0 Å². The first-order chi connectivity index (χ1) is 22.4. The largest absolute Gasteiger partial charge is 0.497 e. The van der Waals surface area contributed by atoms with Crippen LogP contribution in [0.2, 0.25) is 0 Å². The van der Waals surface area contributed by atoms with Gasteiger partial charge < -0.3 is 24.6 Å². The Bertz CT molecular complexity index is 1740. The van der Waals surface area contributed by atoms with Gasteiger partial charge in [0, 0.05) is 56.4 Å². The second-order valence-corrected chi connectivity index (χ2v) is 12.7. The van der Waals surface area contributed by atoms with E-state index in [-0.39, 0.29) is 24.0 Å². The van der Waals surface area contributed by atoms with Gasteiger partial charge in [-0.2, -0.15) is 10.4 Å². The summed E-state index contributed by atoms with van der Waals surface area (Å²) in [4.78, 5) is 22.7. The van der Waals surface area contributed by atoms with E-state index in [1.165, 1.54) is 11.1 Å². The smallest absolute Gasteiger partial charge is 0.254 e. The van der Waals surface area contributed by atoms with E-state index in [4.69, 9.17) is 14.5 Å². The van der Waals surface area contributed by atoms with Crippen LogP contribution in [0.5, 0.6) is 11.5 Å². The first-order valence-electron chi connectivity index (χ1n) is 15.9. The second kappa shape index (κ2) is 12.2. The van der Waals surface area contributed by atoms with Gasteiger partial charge >= 0.3 is 0 Å². The monoisotopic (exact) mass is 620 g/mol. The summed E-state index contributed by atoms with van der Waals surface area (Å²) in [5.41, 5.74) is 6.06. The number of rotatable bonds is 10. The van der Waals surface area contributed by atoms with Crippen molar-refractivity contribution < 1.29 is 14.3 Å². The molecular formula is C35H40N8O3. The standard InChI is InChI=1S/C35H40N8O3/c1-21-23(6-10-33(39-21)42-19-29-28(14-36)30(29)20-42)17-43-18-24(16-38-43)35(44)40-31-9-8-27-26(31)11-12-41(2)34(27)37-15-22-5-7-25(45-3)13-32(22)46-4/h5-7,10-13,16,18,28-31,34,37H,8-9,15,17,19-20H2,1-4H3,(H,40,44)/t28-,29+,30-,31-,34?/m1/s1. The predicted molar refractivity (Wildman–Crippen MR) is 173 cm³/mol. The van der Waals surface area contributed by atoms with Gasteiger partial charge in [0.25, 0.3) is 5.91 Å². The number of aryl methyl sites for hydroxylation is 1. The minimum absolute atomic E-state index is 0.0188. The highest BCUT2D eigenvalue weighted by Gasteiger charge is 2.56. The van der Waals surface area contributed by atoms with Crippen LogP contribution < -0.4 is 25.0 Å². The number of piperidine rings is 1. The molecule has 1 aromatic carbocycles. The van der Waals surface area contributed by atoms with E-state index < -0.39 is 0 Å². The molecule has 0 radical (unpaired) electrons. The Balaban J connectivity index is 0.969. The van der Waals surface area contributed by atoms with Crippen molar-refractivity contribution in [1.82, 2.24) is 30.3 Å². The van der Waals surface area contributed by atoms with Crippen molar-refractivity contribution >= 4 is 11.7 Å². The van der Waals surface area contributed by atoms with Crippen LogP contribution in [0.15, 0.2) is 66.1 Å². The molecule has 2 aliphatic carbocycles. The Labute approximate surface area is 269 Å². The molecule has 1 saturated heterocycles. The van der Waals surface area contributed by atoms with Crippen LogP contribution in [0.1, 0.15) is 40.0 Å². The molecule has 2 aliphatic heterocycles. The molecule has 2 aromatic heterocycles. The molecule has 1 saturated carbocycles. The number of carbonyl (C=O) groups is 1. The van der Waals surface area contributed by atoms with Gasteiger partial charge in [0.2, 0.25) is 0 Å². The summed E-state index contributed by atoms with van der Waals surface area (Å²) in [6.07, 6.45) is 9.39. The van der Waals surface area contributed by atoms with Gasteiger partial charge in [-0.05, 0) is 66.5 Å². The van der Waals surface area contributed by atoms with Crippen molar-refractivity contribution in [2.75, 3.05) is 39.3 Å². The molecule has 3 aromatic rings. The summed E-state index contributed by atoms with van der Waals surface area (Å²) in [7, 11) is 5.38. The van der Waals surface area contributed by atoms with Crippen molar-refractivity contribution in [3.8, 4) is 17.6 Å². The molecule has 7 rings (SSSR count). The minimum Gasteiger partial charge on any atom is -0.497 e. The zero-order valence-corrected chi connectivity index (χ0v) is 26.7. The van der Waals surface area contributed by atoms with Crippen LogP contribution in [0.3, 0.4) is 0 Å². The number of likely N-dealkylation sites (N-methyl/N-ethyl adjacent to an activating group) is 1. The van der Waals surface area contributed by atoms with Crippen LogP contribution in [-0.2, 0) is 13.1 Å². The molecule has 46 heavy (non-hydrogen) atoms. The molecule has 1 unspecified atom stereocenters. The number of pyridine rings is 1. The zero-order chi connectivity index (χ0) is 31.9. The van der Waals surface area contributed by atoms with Gasteiger partial charge in [-0.1, -0.05) is 12.1 Å². The number of nitrogens with one attached hydrogen (secondary N) is 2. The molecule has 11 nitrogen and oxygen atoms in total. The SMILES string of the molecule is COc1ccc(CNC2C3=C(C=CN2C)[C@H](NC(=O)c2cnn(Cc4ccc(N5C[C@@H]6[C@H](C#N)[C@@H]6C5)nc4C)c2)CC3)c(OC)c1. The number of benzene rings is 1. The lowest BCUT2D eigenvalue weighted by Gasteiger charge is -2.33. The fourth-order valence-corrected chi connectivity index (χ4v) is 7.30. The van der Waals surface area contributed by atoms with E-state index >= 15 is 0 Å². The lowest BCUT2D eigenvalue weighted by molar-refractivity contribution is 0.0943. The number of hydrogen-bond acceptors (Lipinski definition) is 9. The quantitative estimate of drug-likeness (QED) is 0.350. The molecule has 238 valence electrons. The highest BCUT2D eigenvalue weighted by molar-refractivity contribution is 5.94. The lowest BCUT2D eigenvalue weighted by Crippen LogP contribution is -2.44. The van der Waals surface area contributed by atoms with Crippen LogP contribution in [0.25, 0.3) is 0 Å². The Morgan fingerprint density at radius 3 is 2.67 bits per heavy atom. The van der Waals surface area contributed by atoms with Crippen LogP contribution in [-0.4, -0.2) is 72.1 Å². The van der Waals surface area contributed by atoms with Gasteiger partial charge in [0.05, 0.1) is 50.6 Å². The van der Waals surface area contributed by atoms with Gasteiger partial charge in [-0.3, -0.25) is 14.8 Å². The molecule has 4 aliphatic rings. The minimum atomic E-state index is -0.127. The number of aromatic nitrogens is 3. The Kier molecular flexibility index (Phi) is 7.90. The third-order valence-electron chi connectivity index (χ3n) is 10.0. The first-order valence-corrected chi connectivity index (χ1v) is 15.9. The summed E-state index contributed by atoms with van der Waals surface area (Å²) in [5, 5.41) is 20.6. The number of nitriles is 1. The fraction of sp³-hybridized carbons (Fsp3) is 0.429. The number of carbonyl (C=O) groups excluding carboxylic acids is 1. The molecular weight excluding hydrogens is 580 g/mol. The molecule has 4 heterocycles. The van der Waals surface area contributed by atoms with Gasteiger partial charge in [-0.25, -0.2) is 4.98 Å². The maximum atomic E-state index is 13.4. The van der Waals surface area contributed by atoms with Gasteiger partial charge in [0.15, 0.2) is 0 Å². The molecule has 2 N–H and O–H groups in total. The van der Waals surface area contributed by atoms with Crippen molar-refractivity contribution in [2.45, 2.75) is 45.1 Å². The predicted octanol–water partition coefficient (Wildman–Crippen LogP) is 3.62. The normalized spacial score (nSPS) is 24.5. The van der Waals surface area contributed by atoms with Crippen molar-refractivity contribution in [1.29, 1.82) is 5.26 Å². The molecule has 5 atom stereocenters. The lowest BCUT2D eigenvalue weighted by atomic mass is 10.0. The first kappa shape index (κ1) is 29.9. The van der Waals surface area contributed by atoms with Crippen molar-refractivity contribution in [3.63, 3.8) is 0 Å². The van der Waals surface area contributed by atoms with Crippen LogP contribution >= 0.6 is 0 Å². The summed E-state index contributed by atoms with van der Waals surface area (Å²) < 4.78 is 12.7. The number of fused-ring (bicyclic) bond motifs is 1. The molecule has 11 heteroatoms. The topological polar surface area (TPSA) is 121 Å². The Morgan fingerprint density at radius 1 is 1.13 bits per heavy atom.